The van der Waals surface area contributed by atoms with E-state index in [1.54, 1.807) is 25.7 Å². The van der Waals surface area contributed by atoms with Crippen LogP contribution in [0.15, 0.2) is 53.4 Å². The number of likely N-dealkylation sites (N-methyl/N-ethyl adjacent to an activating group) is 1. The molecule has 0 aliphatic carbocycles. The zero-order chi connectivity index (χ0) is 34.5. The van der Waals surface area contributed by atoms with Crippen molar-refractivity contribution < 1.29 is 4.74 Å². The summed E-state index contributed by atoms with van der Waals surface area (Å²) in [5.74, 6) is 4.43. The van der Waals surface area contributed by atoms with Gasteiger partial charge in [0.2, 0.25) is 5.95 Å². The average molecular weight is 743 g/mol. The van der Waals surface area contributed by atoms with E-state index in [0.717, 1.165) is 65.5 Å². The Morgan fingerprint density at radius 2 is 1.73 bits per heavy atom. The average Bonchev–Trinajstić information content (AvgIpc) is 3.13. The van der Waals surface area contributed by atoms with E-state index in [1.165, 1.54) is 42.5 Å². The van der Waals surface area contributed by atoms with Gasteiger partial charge in [-0.05, 0) is 90.6 Å². The van der Waals surface area contributed by atoms with Crippen LogP contribution in [0.3, 0.4) is 0 Å². The Bertz CT molecular complexity index is 1800. The molecule has 2 aromatic heterocycles. The highest BCUT2D eigenvalue weighted by atomic mass is 79.9. The summed E-state index contributed by atoms with van der Waals surface area (Å²) in [5.41, 5.74) is 6.63. The van der Waals surface area contributed by atoms with Crippen molar-refractivity contribution in [2.45, 2.75) is 32.2 Å². The lowest BCUT2D eigenvalue weighted by Crippen LogP contribution is -2.52. The summed E-state index contributed by atoms with van der Waals surface area (Å²) in [4.78, 5) is 26.0. The third kappa shape index (κ3) is 8.16. The zero-order valence-electron chi connectivity index (χ0n) is 29.0. The van der Waals surface area contributed by atoms with E-state index in [9.17, 15) is 0 Å². The molecule has 0 atom stereocenters. The van der Waals surface area contributed by atoms with Crippen LogP contribution in [0.2, 0.25) is 0 Å². The van der Waals surface area contributed by atoms with E-state index in [4.69, 9.17) is 16.1 Å². The maximum atomic E-state index is 5.93. The molecule has 12 heteroatoms. The minimum absolute atomic E-state index is 0.457. The minimum atomic E-state index is -0.457. The standard InChI is InChI=1S/C37H45BrN9OP/c1-7-25-19-31(34(48-4)21-33(25)47-13-11-28(12-14-47)46-17-15-45(3)16-18-46)43-37-41-23-29(38)36(44-37)42-30-10-9-26(20-35(30)49(5)6)32-24-39-27(8-2)22-40-32/h2,9-10,19-24,28H,7,11-18H2,1,3-6H3,(H2,41,42,43,44). The molecule has 6 rings (SSSR count). The van der Waals surface area contributed by atoms with Crippen molar-refractivity contribution in [2.75, 3.05) is 82.3 Å². The maximum Gasteiger partial charge on any atom is 0.229 e. The summed E-state index contributed by atoms with van der Waals surface area (Å²) in [6, 6.07) is 11.3. The molecule has 2 fully saturated rings. The van der Waals surface area contributed by atoms with Gasteiger partial charge in [-0.25, -0.2) is 9.97 Å². The number of piperidine rings is 1. The monoisotopic (exact) mass is 741 g/mol. The van der Waals surface area contributed by atoms with Crippen molar-refractivity contribution in [3.63, 3.8) is 0 Å². The Balaban J connectivity index is 1.19. The number of benzene rings is 2. The van der Waals surface area contributed by atoms with Crippen LogP contribution in [0.4, 0.5) is 28.8 Å². The topological polar surface area (TPSA) is 94.6 Å². The van der Waals surface area contributed by atoms with Crippen molar-refractivity contribution in [1.82, 2.24) is 29.7 Å². The van der Waals surface area contributed by atoms with Crippen LogP contribution in [0.1, 0.15) is 31.0 Å². The second-order valence-electron chi connectivity index (χ2n) is 12.8. The molecule has 0 bridgehead atoms. The second-order valence-corrected chi connectivity index (χ2v) is 15.9. The van der Waals surface area contributed by atoms with Gasteiger partial charge in [0.1, 0.15) is 17.3 Å². The third-order valence-electron chi connectivity index (χ3n) is 9.46. The van der Waals surface area contributed by atoms with Gasteiger partial charge in [-0.3, -0.25) is 9.88 Å². The highest BCUT2D eigenvalue weighted by Crippen LogP contribution is 2.38. The molecule has 4 aromatic rings. The summed E-state index contributed by atoms with van der Waals surface area (Å²) in [5, 5.41) is 8.19. The highest BCUT2D eigenvalue weighted by Gasteiger charge is 2.28. The number of rotatable bonds is 10. The number of nitrogens with one attached hydrogen (secondary N) is 2. The van der Waals surface area contributed by atoms with E-state index in [2.05, 4.69) is 114 Å². The third-order valence-corrected chi connectivity index (χ3v) is 11.4. The molecule has 0 spiro atoms. The van der Waals surface area contributed by atoms with Gasteiger partial charge < -0.3 is 25.2 Å². The molecule has 4 heterocycles. The predicted molar refractivity (Wildman–Crippen MR) is 207 cm³/mol. The lowest BCUT2D eigenvalue weighted by Gasteiger charge is -2.43. The number of hydrogen-bond acceptors (Lipinski definition) is 10. The van der Waals surface area contributed by atoms with Gasteiger partial charge in [0, 0.05) is 74.5 Å². The smallest absolute Gasteiger partial charge is 0.229 e. The van der Waals surface area contributed by atoms with E-state index in [0.29, 0.717) is 23.5 Å². The predicted octanol–water partition coefficient (Wildman–Crippen LogP) is 6.32. The van der Waals surface area contributed by atoms with Gasteiger partial charge in [-0.1, -0.05) is 20.9 Å². The molecule has 0 saturated carbocycles. The van der Waals surface area contributed by atoms with Crippen LogP contribution in [0.5, 0.6) is 5.75 Å². The Labute approximate surface area is 300 Å². The van der Waals surface area contributed by atoms with Crippen LogP contribution >= 0.6 is 23.9 Å². The molecular weight excluding hydrogens is 697 g/mol. The zero-order valence-corrected chi connectivity index (χ0v) is 31.5. The molecule has 2 aromatic carbocycles. The van der Waals surface area contributed by atoms with Crippen molar-refractivity contribution >= 4 is 58.0 Å². The first-order chi connectivity index (χ1) is 23.8. The van der Waals surface area contributed by atoms with Gasteiger partial charge in [-0.15, -0.1) is 6.42 Å². The number of halogens is 1. The summed E-state index contributed by atoms with van der Waals surface area (Å²) in [6.45, 7) is 13.5. The highest BCUT2D eigenvalue weighted by molar-refractivity contribution is 9.10. The quantitative estimate of drug-likeness (QED) is 0.142. The van der Waals surface area contributed by atoms with Crippen molar-refractivity contribution in [1.29, 1.82) is 0 Å². The number of aromatic nitrogens is 4. The number of terminal acetylenes is 1. The van der Waals surface area contributed by atoms with Gasteiger partial charge in [0.05, 0.1) is 35.4 Å². The fourth-order valence-corrected chi connectivity index (χ4v) is 7.90. The van der Waals surface area contributed by atoms with Gasteiger partial charge in [0.15, 0.2) is 0 Å². The first kappa shape index (κ1) is 35.0. The largest absolute Gasteiger partial charge is 0.494 e. The van der Waals surface area contributed by atoms with Crippen LogP contribution in [0, 0.1) is 12.3 Å². The number of ether oxygens (including phenoxy) is 1. The van der Waals surface area contributed by atoms with Gasteiger partial charge in [0.25, 0.3) is 0 Å². The van der Waals surface area contributed by atoms with Crippen LogP contribution in [-0.4, -0.2) is 103 Å². The molecule has 2 saturated heterocycles. The molecule has 0 amide bonds. The van der Waals surface area contributed by atoms with Crippen LogP contribution < -0.4 is 25.6 Å². The molecule has 0 radical (unpaired) electrons. The van der Waals surface area contributed by atoms with Crippen LogP contribution in [0.25, 0.3) is 11.3 Å². The number of hydrogen-bond donors (Lipinski definition) is 2. The fraction of sp³-hybridized carbons (Fsp3) is 0.405. The number of anilines is 5. The molecule has 2 aliphatic rings. The summed E-state index contributed by atoms with van der Waals surface area (Å²) < 4.78 is 6.69. The number of methoxy groups -OCH3 is 1. The van der Waals surface area contributed by atoms with Gasteiger partial charge >= 0.3 is 0 Å². The van der Waals surface area contributed by atoms with Gasteiger partial charge in [-0.2, -0.15) is 4.98 Å². The SMILES string of the molecule is C#Cc1cnc(-c2ccc(Nc3nc(Nc4cc(CC)c(N5CCC(N6CCN(C)CC6)CC5)cc4OC)ncc3Br)c(P(C)C)c2)cn1. The van der Waals surface area contributed by atoms with E-state index >= 15 is 0 Å². The lowest BCUT2D eigenvalue weighted by molar-refractivity contribution is 0.0982. The van der Waals surface area contributed by atoms with E-state index < -0.39 is 7.92 Å². The molecule has 2 aliphatic heterocycles. The maximum absolute atomic E-state index is 5.93. The first-order valence-electron chi connectivity index (χ1n) is 16.8. The van der Waals surface area contributed by atoms with Crippen molar-refractivity contribution in [3.8, 4) is 29.4 Å². The molecule has 0 unspecified atom stereocenters. The summed E-state index contributed by atoms with van der Waals surface area (Å²) in [6.07, 6.45) is 13.9. The minimum Gasteiger partial charge on any atom is -0.494 e. The second kappa shape index (κ2) is 15.8. The summed E-state index contributed by atoms with van der Waals surface area (Å²) >= 11 is 3.66. The van der Waals surface area contributed by atoms with Crippen LogP contribution in [-0.2, 0) is 6.42 Å². The Kier molecular flexibility index (Phi) is 11.3. The summed E-state index contributed by atoms with van der Waals surface area (Å²) in [7, 11) is 3.49. The molecule has 49 heavy (non-hydrogen) atoms. The first-order valence-corrected chi connectivity index (χ1v) is 19.8. The van der Waals surface area contributed by atoms with Crippen molar-refractivity contribution in [3.05, 3.63) is 64.7 Å². The fourth-order valence-electron chi connectivity index (χ4n) is 6.60. The Morgan fingerprint density at radius 1 is 0.959 bits per heavy atom. The van der Waals surface area contributed by atoms with Crippen molar-refractivity contribution in [2.24, 2.45) is 0 Å². The molecule has 2 N–H and O–H groups in total. The van der Waals surface area contributed by atoms with E-state index in [-0.39, 0.29) is 0 Å². The number of aryl methyl sites for hydroxylation is 1. The number of nitrogens with zero attached hydrogens (tertiary/aromatic N) is 7. The molecular formula is C37H45BrN9OP. The Morgan fingerprint density at radius 3 is 2.39 bits per heavy atom. The number of piperazine rings is 1. The lowest BCUT2D eigenvalue weighted by atomic mass is 9.99. The van der Waals surface area contributed by atoms with E-state index in [1.807, 2.05) is 6.07 Å². The normalized spacial score (nSPS) is 16.1. The molecule has 256 valence electrons. The molecule has 10 nitrogen and oxygen atoms in total. The Hall–Kier alpha value is -3.81.